The molecule has 0 spiro atoms. The molecule has 2 aliphatic rings. The number of hydrogen-bond donors (Lipinski definition) is 1. The van der Waals surface area contributed by atoms with E-state index in [0.717, 1.165) is 36.4 Å². The highest BCUT2D eigenvalue weighted by Gasteiger charge is 2.27. The lowest BCUT2D eigenvalue weighted by Gasteiger charge is -2.34. The van der Waals surface area contributed by atoms with Crippen LogP contribution in [0, 0.1) is 0 Å². The zero-order valence-corrected chi connectivity index (χ0v) is 15.8. The molecule has 136 valence electrons. The Morgan fingerprint density at radius 2 is 1.84 bits per heavy atom. The van der Waals surface area contributed by atoms with Crippen LogP contribution >= 0.6 is 11.8 Å². The average molecular weight is 362 g/mol. The third-order valence-electron chi connectivity index (χ3n) is 4.45. The van der Waals surface area contributed by atoms with Crippen molar-refractivity contribution in [2.45, 2.75) is 42.9 Å². The zero-order valence-electron chi connectivity index (χ0n) is 15.0. The fourth-order valence-corrected chi connectivity index (χ4v) is 3.93. The molecule has 1 aliphatic carbocycles. The number of rotatable bonds is 6. The number of nitrogens with zero attached hydrogens (tertiary/aromatic N) is 2. The second kappa shape index (κ2) is 8.23. The lowest BCUT2D eigenvalue weighted by molar-refractivity contribution is -0.122. The number of piperazine rings is 1. The minimum Gasteiger partial charge on any atom is -0.352 e. The molecule has 0 unspecified atom stereocenters. The van der Waals surface area contributed by atoms with Gasteiger partial charge in [-0.25, -0.2) is 0 Å². The predicted octanol–water partition coefficient (Wildman–Crippen LogP) is 2.22. The molecule has 0 bridgehead atoms. The Balaban J connectivity index is 1.53. The summed E-state index contributed by atoms with van der Waals surface area (Å²) >= 11 is 1.73. The molecule has 5 nitrogen and oxygen atoms in total. The number of hydrogen-bond acceptors (Lipinski definition) is 4. The summed E-state index contributed by atoms with van der Waals surface area (Å²) in [7, 11) is 0. The summed E-state index contributed by atoms with van der Waals surface area (Å²) < 4.78 is 0. The number of benzene rings is 1. The Morgan fingerprint density at radius 3 is 2.48 bits per heavy atom. The lowest BCUT2D eigenvalue weighted by Crippen LogP contribution is -2.51. The number of thioether (sulfide) groups is 1. The molecule has 0 aromatic heterocycles. The first-order chi connectivity index (χ1) is 12.0. The lowest BCUT2D eigenvalue weighted by atomic mass is 10.2. The highest BCUT2D eigenvalue weighted by molar-refractivity contribution is 8.00. The summed E-state index contributed by atoms with van der Waals surface area (Å²) in [4.78, 5) is 29.9. The minimum atomic E-state index is 0.103. The van der Waals surface area contributed by atoms with Gasteiger partial charge in [-0.1, -0.05) is 26.0 Å². The van der Waals surface area contributed by atoms with Gasteiger partial charge in [0, 0.05) is 42.4 Å². The van der Waals surface area contributed by atoms with Gasteiger partial charge in [0.1, 0.15) is 0 Å². The Morgan fingerprint density at radius 1 is 1.16 bits per heavy atom. The van der Waals surface area contributed by atoms with Gasteiger partial charge >= 0.3 is 0 Å². The van der Waals surface area contributed by atoms with E-state index in [4.69, 9.17) is 0 Å². The molecule has 2 fully saturated rings. The molecule has 1 saturated heterocycles. The fraction of sp³-hybridized carbons (Fsp3) is 0.579. The maximum absolute atomic E-state index is 12.9. The van der Waals surface area contributed by atoms with Crippen LogP contribution in [0.5, 0.6) is 0 Å². The molecule has 25 heavy (non-hydrogen) atoms. The second-order valence-electron chi connectivity index (χ2n) is 7.07. The summed E-state index contributed by atoms with van der Waals surface area (Å²) in [5, 5.41) is 3.46. The molecule has 0 radical (unpaired) electrons. The average Bonchev–Trinajstić information content (AvgIpc) is 3.39. The summed E-state index contributed by atoms with van der Waals surface area (Å²) in [6, 6.07) is 8.26. The molecule has 6 heteroatoms. The molecule has 1 heterocycles. The molecule has 2 amide bonds. The largest absolute Gasteiger partial charge is 0.352 e. The quantitative estimate of drug-likeness (QED) is 0.790. The summed E-state index contributed by atoms with van der Waals surface area (Å²) in [5.41, 5.74) is 0.793. The van der Waals surface area contributed by atoms with Gasteiger partial charge in [-0.2, -0.15) is 0 Å². The third kappa shape index (κ3) is 5.22. The normalized spacial score (nSPS) is 18.4. The first kappa shape index (κ1) is 18.3. The number of carbonyl (C=O) groups is 2. The van der Waals surface area contributed by atoms with Crippen molar-refractivity contribution in [1.29, 1.82) is 0 Å². The highest BCUT2D eigenvalue weighted by atomic mass is 32.2. The van der Waals surface area contributed by atoms with Gasteiger partial charge in [0.15, 0.2) is 0 Å². The Bertz CT molecular complexity index is 623. The van der Waals surface area contributed by atoms with E-state index >= 15 is 0 Å². The van der Waals surface area contributed by atoms with E-state index in [9.17, 15) is 9.59 Å². The van der Waals surface area contributed by atoms with E-state index in [2.05, 4.69) is 24.1 Å². The number of carbonyl (C=O) groups excluding carboxylic acids is 2. The van der Waals surface area contributed by atoms with Crippen molar-refractivity contribution in [2.75, 3.05) is 32.7 Å². The van der Waals surface area contributed by atoms with Gasteiger partial charge in [0.05, 0.1) is 12.1 Å². The van der Waals surface area contributed by atoms with E-state index in [0.29, 0.717) is 30.9 Å². The van der Waals surface area contributed by atoms with Crippen molar-refractivity contribution >= 4 is 23.6 Å². The molecule has 0 atom stereocenters. The maximum atomic E-state index is 12.9. The van der Waals surface area contributed by atoms with E-state index in [1.165, 1.54) is 0 Å². The van der Waals surface area contributed by atoms with Gasteiger partial charge in [-0.3, -0.25) is 14.5 Å². The van der Waals surface area contributed by atoms with Crippen molar-refractivity contribution in [1.82, 2.24) is 15.1 Å². The molecule has 1 N–H and O–H groups in total. The van der Waals surface area contributed by atoms with Crippen molar-refractivity contribution in [3.05, 3.63) is 29.8 Å². The molecule has 1 saturated carbocycles. The highest BCUT2D eigenvalue weighted by Crippen LogP contribution is 2.27. The smallest absolute Gasteiger partial charge is 0.255 e. The standard InChI is InChI=1S/C19H27N3O2S/c1-14(2)25-17-6-4-3-5-16(17)19(24)22-11-9-21(10-12-22)13-18(23)20-15-7-8-15/h3-6,14-15H,7-13H2,1-2H3,(H,20,23). The van der Waals surface area contributed by atoms with Gasteiger partial charge in [-0.05, 0) is 25.0 Å². The van der Waals surface area contributed by atoms with Gasteiger partial charge in [0.2, 0.25) is 5.91 Å². The Kier molecular flexibility index (Phi) is 6.02. The van der Waals surface area contributed by atoms with Crippen LogP contribution in [-0.4, -0.2) is 65.6 Å². The number of amides is 2. The number of nitrogens with one attached hydrogen (secondary N) is 1. The van der Waals surface area contributed by atoms with E-state index in [1.54, 1.807) is 11.8 Å². The SMILES string of the molecule is CC(C)Sc1ccccc1C(=O)N1CCN(CC(=O)NC2CC2)CC1. The van der Waals surface area contributed by atoms with E-state index < -0.39 is 0 Å². The first-order valence-electron chi connectivity index (χ1n) is 9.09. The molecular formula is C19H27N3O2S. The van der Waals surface area contributed by atoms with Crippen LogP contribution in [0.3, 0.4) is 0 Å². The van der Waals surface area contributed by atoms with Crippen LogP contribution in [0.4, 0.5) is 0 Å². The predicted molar refractivity (Wildman–Crippen MR) is 101 cm³/mol. The minimum absolute atomic E-state index is 0.103. The summed E-state index contributed by atoms with van der Waals surface area (Å²) in [5.74, 6) is 0.215. The van der Waals surface area contributed by atoms with Crippen LogP contribution in [0.1, 0.15) is 37.0 Å². The van der Waals surface area contributed by atoms with Crippen molar-refractivity contribution in [3.8, 4) is 0 Å². The molecule has 3 rings (SSSR count). The topological polar surface area (TPSA) is 52.7 Å². The summed E-state index contributed by atoms with van der Waals surface area (Å²) in [6.07, 6.45) is 2.23. The van der Waals surface area contributed by atoms with E-state index in [1.807, 2.05) is 29.2 Å². The monoisotopic (exact) mass is 361 g/mol. The van der Waals surface area contributed by atoms with Crippen LogP contribution < -0.4 is 5.32 Å². The summed E-state index contributed by atoms with van der Waals surface area (Å²) in [6.45, 7) is 7.58. The molecule has 1 aromatic rings. The Hall–Kier alpha value is -1.53. The molecule has 1 aliphatic heterocycles. The van der Waals surface area contributed by atoms with Crippen LogP contribution in [-0.2, 0) is 4.79 Å². The first-order valence-corrected chi connectivity index (χ1v) is 9.97. The fourth-order valence-electron chi connectivity index (χ4n) is 2.98. The molecule has 1 aromatic carbocycles. The second-order valence-corrected chi connectivity index (χ2v) is 8.69. The third-order valence-corrected chi connectivity index (χ3v) is 5.53. The van der Waals surface area contributed by atoms with Crippen LogP contribution in [0.15, 0.2) is 29.2 Å². The zero-order chi connectivity index (χ0) is 17.8. The van der Waals surface area contributed by atoms with Crippen LogP contribution in [0.2, 0.25) is 0 Å². The maximum Gasteiger partial charge on any atom is 0.255 e. The van der Waals surface area contributed by atoms with Gasteiger partial charge < -0.3 is 10.2 Å². The van der Waals surface area contributed by atoms with Gasteiger partial charge in [-0.15, -0.1) is 11.8 Å². The van der Waals surface area contributed by atoms with Gasteiger partial charge in [0.25, 0.3) is 5.91 Å². The van der Waals surface area contributed by atoms with Crippen molar-refractivity contribution < 1.29 is 9.59 Å². The van der Waals surface area contributed by atoms with Crippen molar-refractivity contribution in [2.24, 2.45) is 0 Å². The Labute approximate surface area is 154 Å². The van der Waals surface area contributed by atoms with Crippen LogP contribution in [0.25, 0.3) is 0 Å². The molecular weight excluding hydrogens is 334 g/mol. The van der Waals surface area contributed by atoms with Crippen molar-refractivity contribution in [3.63, 3.8) is 0 Å². The van der Waals surface area contributed by atoms with E-state index in [-0.39, 0.29) is 11.8 Å².